The number of esters is 1. The third-order valence-electron chi connectivity index (χ3n) is 2.31. The first kappa shape index (κ1) is 11.4. The Morgan fingerprint density at radius 2 is 2.25 bits per heavy atom. The zero-order valence-electron chi connectivity index (χ0n) is 8.79. The molecule has 4 nitrogen and oxygen atoms in total. The Kier molecular flexibility index (Phi) is 3.46. The largest absolute Gasteiger partial charge is 0.490 e. The van der Waals surface area contributed by atoms with Gasteiger partial charge < -0.3 is 14.2 Å². The van der Waals surface area contributed by atoms with Crippen LogP contribution < -0.4 is 4.74 Å². The van der Waals surface area contributed by atoms with E-state index in [1.807, 2.05) is 0 Å². The topological polar surface area (TPSA) is 44.8 Å². The summed E-state index contributed by atoms with van der Waals surface area (Å²) in [6.07, 6.45) is 0. The second kappa shape index (κ2) is 4.84. The summed E-state index contributed by atoms with van der Waals surface area (Å²) in [5.41, 5.74) is 1.38. The molecular weight excluding hydrogens is 276 g/mol. The molecule has 86 valence electrons. The van der Waals surface area contributed by atoms with Crippen molar-refractivity contribution >= 4 is 21.9 Å². The molecule has 2 rings (SSSR count). The standard InChI is InChI=1S/C11H11BrO4/c1-14-4-5-15-10-8-6-16-11(13)7(8)2-3-9(10)12/h2-3H,4-6H2,1H3. The molecule has 1 aliphatic rings. The van der Waals surface area contributed by atoms with Crippen LogP contribution in [0.25, 0.3) is 0 Å². The molecule has 0 aliphatic carbocycles. The summed E-state index contributed by atoms with van der Waals surface area (Å²) in [6, 6.07) is 3.52. The number of hydrogen-bond donors (Lipinski definition) is 0. The maximum Gasteiger partial charge on any atom is 0.339 e. The molecule has 0 atom stereocenters. The lowest BCUT2D eigenvalue weighted by atomic mass is 10.1. The summed E-state index contributed by atoms with van der Waals surface area (Å²) in [6.45, 7) is 1.22. The Balaban J connectivity index is 2.26. The minimum atomic E-state index is -0.293. The highest BCUT2D eigenvalue weighted by atomic mass is 79.9. The normalized spacial score (nSPS) is 13.5. The van der Waals surface area contributed by atoms with Crippen LogP contribution in [0.2, 0.25) is 0 Å². The highest BCUT2D eigenvalue weighted by molar-refractivity contribution is 9.10. The van der Waals surface area contributed by atoms with Crippen molar-refractivity contribution in [2.45, 2.75) is 6.61 Å². The van der Waals surface area contributed by atoms with Gasteiger partial charge in [-0.25, -0.2) is 4.79 Å². The van der Waals surface area contributed by atoms with E-state index < -0.39 is 0 Å². The summed E-state index contributed by atoms with van der Waals surface area (Å²) >= 11 is 3.39. The molecule has 0 unspecified atom stereocenters. The molecular formula is C11H11BrO4. The van der Waals surface area contributed by atoms with Crippen molar-refractivity contribution in [3.63, 3.8) is 0 Å². The molecule has 0 spiro atoms. The molecule has 0 amide bonds. The van der Waals surface area contributed by atoms with Crippen LogP contribution in [0.15, 0.2) is 16.6 Å². The quantitative estimate of drug-likeness (QED) is 0.628. The molecule has 5 heteroatoms. The Hall–Kier alpha value is -1.07. The fourth-order valence-electron chi connectivity index (χ4n) is 1.53. The van der Waals surface area contributed by atoms with Crippen LogP contribution in [0.1, 0.15) is 15.9 Å². The van der Waals surface area contributed by atoms with E-state index in [-0.39, 0.29) is 12.6 Å². The molecule has 0 N–H and O–H groups in total. The average molecular weight is 287 g/mol. The first-order valence-corrected chi connectivity index (χ1v) is 5.63. The van der Waals surface area contributed by atoms with Gasteiger partial charge in [-0.05, 0) is 28.1 Å². The molecule has 1 heterocycles. The number of cyclic esters (lactones) is 1. The predicted molar refractivity (Wildman–Crippen MR) is 60.6 cm³/mol. The fraction of sp³-hybridized carbons (Fsp3) is 0.364. The third kappa shape index (κ3) is 2.05. The van der Waals surface area contributed by atoms with Crippen LogP contribution in [0, 0.1) is 0 Å². The van der Waals surface area contributed by atoms with Crippen molar-refractivity contribution in [3.05, 3.63) is 27.7 Å². The van der Waals surface area contributed by atoms with Crippen molar-refractivity contribution in [2.24, 2.45) is 0 Å². The van der Waals surface area contributed by atoms with Gasteiger partial charge in [-0.2, -0.15) is 0 Å². The second-order valence-corrected chi connectivity index (χ2v) is 4.17. The van der Waals surface area contributed by atoms with Gasteiger partial charge in [-0.15, -0.1) is 0 Å². The van der Waals surface area contributed by atoms with Gasteiger partial charge in [0.15, 0.2) is 0 Å². The van der Waals surface area contributed by atoms with Gasteiger partial charge in [0.05, 0.1) is 16.6 Å². The minimum Gasteiger partial charge on any atom is -0.490 e. The van der Waals surface area contributed by atoms with Crippen molar-refractivity contribution in [1.82, 2.24) is 0 Å². The number of rotatable bonds is 4. The van der Waals surface area contributed by atoms with E-state index in [0.29, 0.717) is 24.5 Å². The molecule has 1 aromatic rings. The number of fused-ring (bicyclic) bond motifs is 1. The monoisotopic (exact) mass is 286 g/mol. The lowest BCUT2D eigenvalue weighted by Gasteiger charge is -2.10. The Morgan fingerprint density at radius 1 is 1.44 bits per heavy atom. The number of carbonyl (C=O) groups is 1. The van der Waals surface area contributed by atoms with Gasteiger partial charge in [-0.1, -0.05) is 0 Å². The predicted octanol–water partition coefficient (Wildman–Crippen LogP) is 2.14. The molecule has 1 aliphatic heterocycles. The SMILES string of the molecule is COCCOc1c(Br)ccc2c1COC2=O. The van der Waals surface area contributed by atoms with Crippen molar-refractivity contribution in [2.75, 3.05) is 20.3 Å². The second-order valence-electron chi connectivity index (χ2n) is 3.32. The molecule has 0 saturated heterocycles. The smallest absolute Gasteiger partial charge is 0.339 e. The highest BCUT2D eigenvalue weighted by Gasteiger charge is 2.26. The van der Waals surface area contributed by atoms with Gasteiger partial charge >= 0.3 is 5.97 Å². The van der Waals surface area contributed by atoms with E-state index in [9.17, 15) is 4.79 Å². The Labute approximate surface area is 102 Å². The Bertz CT molecular complexity index is 417. The maximum atomic E-state index is 11.3. The van der Waals surface area contributed by atoms with Crippen molar-refractivity contribution < 1.29 is 19.0 Å². The fourth-order valence-corrected chi connectivity index (χ4v) is 2.02. The first-order valence-electron chi connectivity index (χ1n) is 4.84. The van der Waals surface area contributed by atoms with E-state index in [1.165, 1.54) is 0 Å². The molecule has 0 saturated carbocycles. The van der Waals surface area contributed by atoms with Gasteiger partial charge in [0, 0.05) is 12.7 Å². The lowest BCUT2D eigenvalue weighted by molar-refractivity contribution is 0.0533. The van der Waals surface area contributed by atoms with E-state index in [1.54, 1.807) is 19.2 Å². The molecule has 0 aromatic heterocycles. The van der Waals surface area contributed by atoms with Crippen LogP contribution in [0.4, 0.5) is 0 Å². The zero-order valence-corrected chi connectivity index (χ0v) is 10.4. The lowest BCUT2D eigenvalue weighted by Crippen LogP contribution is -2.06. The van der Waals surface area contributed by atoms with Crippen LogP contribution >= 0.6 is 15.9 Å². The van der Waals surface area contributed by atoms with Crippen LogP contribution in [-0.2, 0) is 16.1 Å². The summed E-state index contributed by atoms with van der Waals surface area (Å²) in [5.74, 6) is 0.375. The first-order chi connectivity index (χ1) is 7.74. The molecule has 1 aromatic carbocycles. The molecule has 0 bridgehead atoms. The summed E-state index contributed by atoms with van der Waals surface area (Å²) in [5, 5.41) is 0. The van der Waals surface area contributed by atoms with E-state index in [2.05, 4.69) is 15.9 Å². The highest BCUT2D eigenvalue weighted by Crippen LogP contribution is 2.35. The number of benzene rings is 1. The number of ether oxygens (including phenoxy) is 3. The molecule has 0 radical (unpaired) electrons. The Morgan fingerprint density at radius 3 is 3.00 bits per heavy atom. The van der Waals surface area contributed by atoms with E-state index in [0.717, 1.165) is 10.0 Å². The zero-order chi connectivity index (χ0) is 11.5. The average Bonchev–Trinajstić information content (AvgIpc) is 2.64. The van der Waals surface area contributed by atoms with Crippen LogP contribution in [-0.4, -0.2) is 26.3 Å². The third-order valence-corrected chi connectivity index (χ3v) is 2.94. The maximum absolute atomic E-state index is 11.3. The summed E-state index contributed by atoms with van der Waals surface area (Å²) in [4.78, 5) is 11.3. The van der Waals surface area contributed by atoms with Crippen LogP contribution in [0.5, 0.6) is 5.75 Å². The van der Waals surface area contributed by atoms with E-state index in [4.69, 9.17) is 14.2 Å². The summed E-state index contributed by atoms with van der Waals surface area (Å²) < 4.78 is 16.2. The van der Waals surface area contributed by atoms with Crippen molar-refractivity contribution in [3.8, 4) is 5.75 Å². The molecule has 16 heavy (non-hydrogen) atoms. The van der Waals surface area contributed by atoms with Crippen molar-refractivity contribution in [1.29, 1.82) is 0 Å². The van der Waals surface area contributed by atoms with Gasteiger partial charge in [-0.3, -0.25) is 0 Å². The number of hydrogen-bond acceptors (Lipinski definition) is 4. The van der Waals surface area contributed by atoms with Gasteiger partial charge in [0.25, 0.3) is 0 Å². The van der Waals surface area contributed by atoms with Gasteiger partial charge in [0.2, 0.25) is 0 Å². The number of halogens is 1. The number of carbonyl (C=O) groups excluding carboxylic acids is 1. The molecule has 0 fully saturated rings. The minimum absolute atomic E-state index is 0.274. The van der Waals surface area contributed by atoms with Gasteiger partial charge in [0.1, 0.15) is 19.0 Å². The summed E-state index contributed by atoms with van der Waals surface area (Å²) in [7, 11) is 1.61. The number of methoxy groups -OCH3 is 1. The van der Waals surface area contributed by atoms with E-state index >= 15 is 0 Å². The van der Waals surface area contributed by atoms with Crippen LogP contribution in [0.3, 0.4) is 0 Å².